The van der Waals surface area contributed by atoms with Crippen LogP contribution in [0.4, 0.5) is 0 Å². The van der Waals surface area contributed by atoms with E-state index in [9.17, 15) is 9.59 Å². The lowest BCUT2D eigenvalue weighted by Crippen LogP contribution is -2.44. The molecule has 0 heterocycles. The number of carbonyl (C=O) groups excluding carboxylic acids is 2. The molecule has 0 rings (SSSR count). The quantitative estimate of drug-likeness (QED) is 0.0499. The van der Waals surface area contributed by atoms with E-state index >= 15 is 0 Å². The second-order valence-corrected chi connectivity index (χ2v) is 14.2. The maximum Gasteiger partial charge on any atom is 0.239 e. The Morgan fingerprint density at radius 2 is 0.915 bits per heavy atom. The van der Waals surface area contributed by atoms with E-state index in [-0.39, 0.29) is 11.8 Å². The second kappa shape index (κ2) is 34.3. The fraction of sp³-hybridized carbons (Fsp3) is 0.900. The highest BCUT2D eigenvalue weighted by atomic mass is 16.2. The lowest BCUT2D eigenvalue weighted by atomic mass is 10.0. The van der Waals surface area contributed by atoms with Crippen molar-refractivity contribution < 1.29 is 9.59 Å². The first-order valence-corrected chi connectivity index (χ1v) is 20.3. The normalized spacial score (nSPS) is 12.5. The van der Waals surface area contributed by atoms with Gasteiger partial charge in [0.15, 0.2) is 0 Å². The molecule has 0 fully saturated rings. The molecule has 0 aliphatic heterocycles. The van der Waals surface area contributed by atoms with Crippen LogP contribution >= 0.6 is 0 Å². The highest BCUT2D eigenvalue weighted by Crippen LogP contribution is 2.14. The van der Waals surface area contributed by atoms with Gasteiger partial charge in [0.25, 0.3) is 0 Å². The third-order valence-corrected chi connectivity index (χ3v) is 9.39. The number of hydrogen-bond acceptors (Lipinski definition) is 5. The van der Waals surface area contributed by atoms with Crippen molar-refractivity contribution in [1.82, 2.24) is 15.5 Å². The standard InChI is InChI=1S/C40H81N5O2/c1-5-7-9-11-13-15-17-18-20-22-24-28-35-45(34-27-23-21-19-16-14-12-10-8-6-2)40(47)38(42)30-25-26-32-44-39(46)37(41)31-29-33-43-36(3)4/h37-38,43H,3,5-35,41-42H2,1-2,4H3,(H,44,46). The van der Waals surface area contributed by atoms with Crippen molar-refractivity contribution in [2.24, 2.45) is 11.5 Å². The Hall–Kier alpha value is -1.60. The van der Waals surface area contributed by atoms with Crippen molar-refractivity contribution in [2.75, 3.05) is 26.2 Å². The number of rotatable bonds is 36. The molecule has 0 saturated carbocycles. The maximum atomic E-state index is 13.4. The van der Waals surface area contributed by atoms with Gasteiger partial charge in [-0.15, -0.1) is 0 Å². The summed E-state index contributed by atoms with van der Waals surface area (Å²) in [5, 5.41) is 6.11. The highest BCUT2D eigenvalue weighted by Gasteiger charge is 2.20. The zero-order valence-corrected chi connectivity index (χ0v) is 31.7. The zero-order valence-electron chi connectivity index (χ0n) is 31.7. The molecule has 0 radical (unpaired) electrons. The summed E-state index contributed by atoms with van der Waals surface area (Å²) in [6.07, 6.45) is 32.6. The molecule has 2 unspecified atom stereocenters. The van der Waals surface area contributed by atoms with E-state index in [0.717, 1.165) is 57.4 Å². The average Bonchev–Trinajstić information content (AvgIpc) is 3.06. The molecule has 0 aliphatic rings. The predicted octanol–water partition coefficient (Wildman–Crippen LogP) is 9.28. The van der Waals surface area contributed by atoms with Crippen LogP contribution in [0.1, 0.15) is 194 Å². The van der Waals surface area contributed by atoms with Gasteiger partial charge in [-0.25, -0.2) is 0 Å². The van der Waals surface area contributed by atoms with Crippen LogP contribution < -0.4 is 22.1 Å². The van der Waals surface area contributed by atoms with Gasteiger partial charge >= 0.3 is 0 Å². The minimum atomic E-state index is -0.495. The van der Waals surface area contributed by atoms with E-state index < -0.39 is 12.1 Å². The monoisotopic (exact) mass is 664 g/mol. The summed E-state index contributed by atoms with van der Waals surface area (Å²) in [5.74, 6) is 0.00389. The van der Waals surface area contributed by atoms with Crippen molar-refractivity contribution in [3.05, 3.63) is 12.3 Å². The van der Waals surface area contributed by atoms with Crippen LogP contribution in [0, 0.1) is 0 Å². The molecule has 0 aromatic heterocycles. The summed E-state index contributed by atoms with van der Waals surface area (Å²) in [7, 11) is 0. The van der Waals surface area contributed by atoms with Crippen LogP contribution in [0.2, 0.25) is 0 Å². The Balaban J connectivity index is 4.38. The number of nitrogens with one attached hydrogen (secondary N) is 2. The summed E-state index contributed by atoms with van der Waals surface area (Å²) in [5.41, 5.74) is 13.4. The van der Waals surface area contributed by atoms with Crippen LogP contribution in [-0.4, -0.2) is 55.0 Å². The number of hydrogen-bond donors (Lipinski definition) is 4. The molecule has 47 heavy (non-hydrogen) atoms. The Kier molecular flexibility index (Phi) is 33.1. The Labute approximate surface area is 292 Å². The summed E-state index contributed by atoms with van der Waals surface area (Å²) in [6.45, 7) is 13.3. The van der Waals surface area contributed by atoms with Crippen LogP contribution in [-0.2, 0) is 9.59 Å². The van der Waals surface area contributed by atoms with Gasteiger partial charge in [-0.2, -0.15) is 0 Å². The molecular formula is C40H81N5O2. The van der Waals surface area contributed by atoms with Crippen molar-refractivity contribution in [2.45, 2.75) is 206 Å². The molecule has 0 aromatic carbocycles. The molecule has 278 valence electrons. The number of unbranched alkanes of at least 4 members (excludes halogenated alkanes) is 21. The largest absolute Gasteiger partial charge is 0.389 e. The Bertz CT molecular complexity index is 731. The van der Waals surface area contributed by atoms with Crippen molar-refractivity contribution in [3.8, 4) is 0 Å². The first kappa shape index (κ1) is 45.4. The molecule has 0 spiro atoms. The van der Waals surface area contributed by atoms with Crippen molar-refractivity contribution >= 4 is 11.8 Å². The Morgan fingerprint density at radius 3 is 1.34 bits per heavy atom. The van der Waals surface area contributed by atoms with Gasteiger partial charge in [0.1, 0.15) is 0 Å². The number of nitrogens with two attached hydrogens (primary N) is 2. The SMILES string of the molecule is C=C(C)NCCCC(N)C(=O)NCCCCC(N)C(=O)N(CCCCCCCCCCCC)CCCCCCCCCCCCCC. The molecule has 0 bridgehead atoms. The van der Waals surface area contributed by atoms with Gasteiger partial charge in [-0.3, -0.25) is 9.59 Å². The minimum Gasteiger partial charge on any atom is -0.389 e. The molecule has 2 atom stereocenters. The fourth-order valence-corrected chi connectivity index (χ4v) is 6.21. The predicted molar refractivity (Wildman–Crippen MR) is 204 cm³/mol. The molecule has 0 saturated heterocycles. The lowest BCUT2D eigenvalue weighted by molar-refractivity contribution is -0.133. The van der Waals surface area contributed by atoms with E-state index in [2.05, 4.69) is 36.0 Å². The van der Waals surface area contributed by atoms with Crippen molar-refractivity contribution in [3.63, 3.8) is 0 Å². The summed E-state index contributed by atoms with van der Waals surface area (Å²) in [4.78, 5) is 27.8. The fourth-order valence-electron chi connectivity index (χ4n) is 6.21. The Morgan fingerprint density at radius 1 is 0.532 bits per heavy atom. The van der Waals surface area contributed by atoms with Gasteiger partial charge in [0.2, 0.25) is 11.8 Å². The second-order valence-electron chi connectivity index (χ2n) is 14.2. The molecule has 0 aliphatic carbocycles. The van der Waals surface area contributed by atoms with Gasteiger partial charge in [0, 0.05) is 31.9 Å². The molecule has 7 nitrogen and oxygen atoms in total. The van der Waals surface area contributed by atoms with Gasteiger partial charge in [0.05, 0.1) is 12.1 Å². The summed E-state index contributed by atoms with van der Waals surface area (Å²) in [6, 6.07) is -0.959. The van der Waals surface area contributed by atoms with E-state index in [4.69, 9.17) is 11.5 Å². The highest BCUT2D eigenvalue weighted by molar-refractivity contribution is 5.82. The zero-order chi connectivity index (χ0) is 34.8. The van der Waals surface area contributed by atoms with Crippen LogP contribution in [0.15, 0.2) is 12.3 Å². The summed E-state index contributed by atoms with van der Waals surface area (Å²) >= 11 is 0. The molecule has 7 heteroatoms. The van der Waals surface area contributed by atoms with Crippen LogP contribution in [0.25, 0.3) is 0 Å². The van der Waals surface area contributed by atoms with Gasteiger partial charge < -0.3 is 27.0 Å². The average molecular weight is 664 g/mol. The van der Waals surface area contributed by atoms with Gasteiger partial charge in [-0.1, -0.05) is 149 Å². The summed E-state index contributed by atoms with van der Waals surface area (Å²) < 4.78 is 0. The molecule has 0 aromatic rings. The lowest BCUT2D eigenvalue weighted by Gasteiger charge is -2.26. The van der Waals surface area contributed by atoms with E-state index in [1.807, 2.05) is 6.92 Å². The maximum absolute atomic E-state index is 13.4. The number of carbonyl (C=O) groups is 2. The molecule has 2 amide bonds. The first-order chi connectivity index (χ1) is 22.8. The number of allylic oxidation sites excluding steroid dienone is 1. The third kappa shape index (κ3) is 30.2. The molecule has 6 N–H and O–H groups in total. The van der Waals surface area contributed by atoms with Gasteiger partial charge in [-0.05, 0) is 51.9 Å². The van der Waals surface area contributed by atoms with Crippen molar-refractivity contribution in [1.29, 1.82) is 0 Å². The molecular weight excluding hydrogens is 582 g/mol. The topological polar surface area (TPSA) is 113 Å². The van der Waals surface area contributed by atoms with E-state index in [1.165, 1.54) is 128 Å². The first-order valence-electron chi connectivity index (χ1n) is 20.3. The van der Waals surface area contributed by atoms with Crippen LogP contribution in [0.3, 0.4) is 0 Å². The number of nitrogens with zero attached hydrogens (tertiary/aromatic N) is 1. The smallest absolute Gasteiger partial charge is 0.239 e. The number of amides is 2. The van der Waals surface area contributed by atoms with E-state index in [1.54, 1.807) is 0 Å². The third-order valence-electron chi connectivity index (χ3n) is 9.39. The minimum absolute atomic E-state index is 0.106. The van der Waals surface area contributed by atoms with Crippen LogP contribution in [0.5, 0.6) is 0 Å². The van der Waals surface area contributed by atoms with E-state index in [0.29, 0.717) is 19.4 Å².